The maximum absolute atomic E-state index is 13.0. The fourth-order valence-corrected chi connectivity index (χ4v) is 3.64. The molecule has 0 aliphatic heterocycles. The van der Waals surface area contributed by atoms with E-state index in [0.29, 0.717) is 23.4 Å². The summed E-state index contributed by atoms with van der Waals surface area (Å²) in [5, 5.41) is 3.24. The Hall–Kier alpha value is -2.44. The van der Waals surface area contributed by atoms with E-state index < -0.39 is 11.2 Å². The topological polar surface area (TPSA) is 96.9 Å². The lowest BCUT2D eigenvalue weighted by Gasteiger charge is -2.17. The zero-order chi connectivity index (χ0) is 19.7. The number of pyridine rings is 1. The number of aromatic nitrogens is 3. The lowest BCUT2D eigenvalue weighted by molar-refractivity contribution is 0.0939. The molecule has 1 fully saturated rings. The molecular weight excluding hydrogens is 344 g/mol. The molecule has 2 N–H and O–H groups in total. The number of carbonyl (C=O) groups excluding carboxylic acids is 1. The molecule has 2 heterocycles. The molecule has 7 heteroatoms. The summed E-state index contributed by atoms with van der Waals surface area (Å²) in [5.41, 5.74) is 0.238. The first-order valence-electron chi connectivity index (χ1n) is 9.76. The molecule has 0 spiro atoms. The van der Waals surface area contributed by atoms with Crippen molar-refractivity contribution in [1.82, 2.24) is 19.9 Å². The zero-order valence-electron chi connectivity index (χ0n) is 16.5. The van der Waals surface area contributed by atoms with E-state index in [-0.39, 0.29) is 29.2 Å². The van der Waals surface area contributed by atoms with Gasteiger partial charge in [-0.2, -0.15) is 0 Å². The van der Waals surface area contributed by atoms with Crippen LogP contribution in [0.15, 0.2) is 15.7 Å². The molecule has 3 rings (SSSR count). The van der Waals surface area contributed by atoms with Crippen molar-refractivity contribution >= 4 is 16.9 Å². The second-order valence-corrected chi connectivity index (χ2v) is 8.17. The van der Waals surface area contributed by atoms with Crippen molar-refractivity contribution in [1.29, 1.82) is 0 Å². The van der Waals surface area contributed by atoms with Gasteiger partial charge in [-0.1, -0.05) is 40.5 Å². The number of hydrogen-bond acceptors (Lipinski definition) is 4. The van der Waals surface area contributed by atoms with Gasteiger partial charge < -0.3 is 5.32 Å². The summed E-state index contributed by atoms with van der Waals surface area (Å²) in [5.74, 6) is -0.0113. The molecule has 0 atom stereocenters. The standard InChI is InChI=1S/C20H28N4O3/c1-11(2)10-24-17-16(19(26)23-20(24)27)14(9-15(22-17)12(3)4)18(25)21-13-7-5-6-8-13/h9,11-13H,5-8,10H2,1-4H3,(H,21,25)(H,23,26,27). The first kappa shape index (κ1) is 19.3. The number of hydrogen-bond donors (Lipinski definition) is 2. The van der Waals surface area contributed by atoms with Crippen LogP contribution in [0.3, 0.4) is 0 Å². The van der Waals surface area contributed by atoms with Crippen LogP contribution in [0.4, 0.5) is 0 Å². The van der Waals surface area contributed by atoms with Crippen LogP contribution in [0.1, 0.15) is 75.3 Å². The number of nitrogens with one attached hydrogen (secondary N) is 2. The van der Waals surface area contributed by atoms with Gasteiger partial charge in [-0.3, -0.25) is 19.1 Å². The van der Waals surface area contributed by atoms with Gasteiger partial charge in [0.2, 0.25) is 0 Å². The number of amides is 1. The summed E-state index contributed by atoms with van der Waals surface area (Å²) in [6.45, 7) is 8.35. The molecule has 0 unspecified atom stereocenters. The maximum atomic E-state index is 13.0. The molecule has 1 aliphatic rings. The SMILES string of the molecule is CC(C)Cn1c(=O)[nH]c(=O)c2c(C(=O)NC3CCCC3)cc(C(C)C)nc21. The van der Waals surface area contributed by atoms with Crippen LogP contribution in [0.5, 0.6) is 0 Å². The fourth-order valence-electron chi connectivity index (χ4n) is 3.64. The summed E-state index contributed by atoms with van der Waals surface area (Å²) in [6.07, 6.45) is 4.13. The highest BCUT2D eigenvalue weighted by atomic mass is 16.2. The van der Waals surface area contributed by atoms with Crippen LogP contribution in [0.25, 0.3) is 11.0 Å². The summed E-state index contributed by atoms with van der Waals surface area (Å²) >= 11 is 0. The minimum atomic E-state index is -0.561. The van der Waals surface area contributed by atoms with Crippen molar-refractivity contribution in [3.63, 3.8) is 0 Å². The highest BCUT2D eigenvalue weighted by Crippen LogP contribution is 2.22. The van der Waals surface area contributed by atoms with Crippen LogP contribution < -0.4 is 16.6 Å². The molecule has 7 nitrogen and oxygen atoms in total. The highest BCUT2D eigenvalue weighted by molar-refractivity contribution is 6.05. The minimum absolute atomic E-state index is 0.0642. The predicted molar refractivity (Wildman–Crippen MR) is 105 cm³/mol. The fraction of sp³-hybridized carbons (Fsp3) is 0.600. The van der Waals surface area contributed by atoms with Crippen LogP contribution in [-0.2, 0) is 6.54 Å². The molecule has 0 radical (unpaired) electrons. The third kappa shape index (κ3) is 3.96. The van der Waals surface area contributed by atoms with E-state index in [1.807, 2.05) is 27.7 Å². The Kier molecular flexibility index (Phi) is 5.48. The van der Waals surface area contributed by atoms with Crippen molar-refractivity contribution in [2.45, 2.75) is 71.9 Å². The van der Waals surface area contributed by atoms with Crippen molar-refractivity contribution in [3.05, 3.63) is 38.2 Å². The smallest absolute Gasteiger partial charge is 0.330 e. The predicted octanol–water partition coefficient (Wildman–Crippen LogP) is 2.54. The Bertz CT molecular complexity index is 966. The summed E-state index contributed by atoms with van der Waals surface area (Å²) < 4.78 is 1.47. The van der Waals surface area contributed by atoms with E-state index in [4.69, 9.17) is 0 Å². The van der Waals surface area contributed by atoms with E-state index in [9.17, 15) is 14.4 Å². The lowest BCUT2D eigenvalue weighted by atomic mass is 10.0. The van der Waals surface area contributed by atoms with E-state index >= 15 is 0 Å². The Labute approximate surface area is 158 Å². The second-order valence-electron chi connectivity index (χ2n) is 8.17. The number of nitrogens with zero attached hydrogens (tertiary/aromatic N) is 2. The Balaban J connectivity index is 2.23. The average Bonchev–Trinajstić information content (AvgIpc) is 3.10. The highest BCUT2D eigenvalue weighted by Gasteiger charge is 2.23. The third-order valence-electron chi connectivity index (χ3n) is 5.04. The van der Waals surface area contributed by atoms with E-state index in [1.54, 1.807) is 6.07 Å². The van der Waals surface area contributed by atoms with Gasteiger partial charge in [0.25, 0.3) is 11.5 Å². The van der Waals surface area contributed by atoms with Gasteiger partial charge in [0.05, 0.1) is 10.9 Å². The molecule has 2 aromatic rings. The Morgan fingerprint density at radius 3 is 2.52 bits per heavy atom. The average molecular weight is 372 g/mol. The molecule has 0 aromatic carbocycles. The van der Waals surface area contributed by atoms with Crippen molar-refractivity contribution in [3.8, 4) is 0 Å². The molecule has 2 aromatic heterocycles. The van der Waals surface area contributed by atoms with Crippen LogP contribution in [0.2, 0.25) is 0 Å². The Morgan fingerprint density at radius 1 is 1.26 bits per heavy atom. The van der Waals surface area contributed by atoms with Crippen molar-refractivity contribution in [2.75, 3.05) is 0 Å². The Morgan fingerprint density at radius 2 is 1.93 bits per heavy atom. The second kappa shape index (κ2) is 7.66. The molecule has 146 valence electrons. The molecule has 1 amide bonds. The van der Waals surface area contributed by atoms with Gasteiger partial charge in [0.15, 0.2) is 5.65 Å². The van der Waals surface area contributed by atoms with Gasteiger partial charge in [0, 0.05) is 18.3 Å². The number of aromatic amines is 1. The lowest BCUT2D eigenvalue weighted by Crippen LogP contribution is -2.36. The van der Waals surface area contributed by atoms with Gasteiger partial charge >= 0.3 is 5.69 Å². The molecule has 1 aliphatic carbocycles. The zero-order valence-corrected chi connectivity index (χ0v) is 16.5. The largest absolute Gasteiger partial charge is 0.349 e. The van der Waals surface area contributed by atoms with Gasteiger partial charge in [-0.15, -0.1) is 0 Å². The summed E-state index contributed by atoms with van der Waals surface area (Å²) in [7, 11) is 0. The first-order valence-corrected chi connectivity index (χ1v) is 9.76. The van der Waals surface area contributed by atoms with Crippen molar-refractivity contribution < 1.29 is 4.79 Å². The van der Waals surface area contributed by atoms with E-state index in [2.05, 4.69) is 15.3 Å². The quantitative estimate of drug-likeness (QED) is 0.843. The minimum Gasteiger partial charge on any atom is -0.349 e. The number of fused-ring (bicyclic) bond motifs is 1. The summed E-state index contributed by atoms with van der Waals surface area (Å²) in [4.78, 5) is 44.9. The van der Waals surface area contributed by atoms with Gasteiger partial charge in [-0.05, 0) is 30.7 Å². The number of H-pyrrole nitrogens is 1. The van der Waals surface area contributed by atoms with Crippen LogP contribution >= 0.6 is 0 Å². The molecule has 27 heavy (non-hydrogen) atoms. The van der Waals surface area contributed by atoms with Crippen LogP contribution in [0, 0.1) is 5.92 Å². The van der Waals surface area contributed by atoms with Gasteiger partial charge in [0.1, 0.15) is 0 Å². The molecule has 0 bridgehead atoms. The monoisotopic (exact) mass is 372 g/mol. The third-order valence-corrected chi connectivity index (χ3v) is 5.04. The molecular formula is C20H28N4O3. The molecule has 0 saturated heterocycles. The summed E-state index contributed by atoms with van der Waals surface area (Å²) in [6, 6.07) is 1.83. The molecule has 1 saturated carbocycles. The first-order chi connectivity index (χ1) is 12.8. The van der Waals surface area contributed by atoms with Crippen LogP contribution in [-0.4, -0.2) is 26.5 Å². The normalized spacial score (nSPS) is 15.2. The van der Waals surface area contributed by atoms with Crippen molar-refractivity contribution in [2.24, 2.45) is 5.92 Å². The number of carbonyl (C=O) groups is 1. The van der Waals surface area contributed by atoms with E-state index in [1.165, 1.54) is 4.57 Å². The van der Waals surface area contributed by atoms with Gasteiger partial charge in [-0.25, -0.2) is 9.78 Å². The maximum Gasteiger partial charge on any atom is 0.330 e. The van der Waals surface area contributed by atoms with E-state index in [0.717, 1.165) is 25.7 Å². The number of rotatable bonds is 5.